The van der Waals surface area contributed by atoms with E-state index in [2.05, 4.69) is 18.3 Å². The lowest BCUT2D eigenvalue weighted by Crippen LogP contribution is -3.13. The molecule has 31 heavy (non-hydrogen) atoms. The molecular formula is C25H34FN2O3+. The van der Waals surface area contributed by atoms with E-state index < -0.39 is 0 Å². The Morgan fingerprint density at radius 1 is 1.13 bits per heavy atom. The molecule has 6 heteroatoms. The number of fused-ring (bicyclic) bond motifs is 1. The van der Waals surface area contributed by atoms with Crippen molar-refractivity contribution in [2.45, 2.75) is 52.2 Å². The zero-order valence-corrected chi connectivity index (χ0v) is 19.1. The molecule has 2 N–H and O–H groups in total. The molecule has 2 aromatic carbocycles. The van der Waals surface area contributed by atoms with E-state index in [0.29, 0.717) is 18.1 Å². The van der Waals surface area contributed by atoms with E-state index in [1.54, 1.807) is 14.2 Å². The SMILES string of the molecule is COc1cc2c(cc1OC)[C@H]([C@@H](C)NC(=O)CC(C)C)[NH+](Cc1ccc(F)cc1)CC2. The summed E-state index contributed by atoms with van der Waals surface area (Å²) in [6, 6.07) is 10.8. The Balaban J connectivity index is 1.95. The van der Waals surface area contributed by atoms with Crippen molar-refractivity contribution in [3.63, 3.8) is 0 Å². The fourth-order valence-corrected chi connectivity index (χ4v) is 4.57. The van der Waals surface area contributed by atoms with Crippen molar-refractivity contribution in [1.82, 2.24) is 5.32 Å². The molecule has 2 aromatic rings. The first kappa shape index (κ1) is 23.1. The third-order valence-corrected chi connectivity index (χ3v) is 5.96. The zero-order chi connectivity index (χ0) is 22.5. The molecular weight excluding hydrogens is 395 g/mol. The van der Waals surface area contributed by atoms with Gasteiger partial charge < -0.3 is 19.7 Å². The highest BCUT2D eigenvalue weighted by molar-refractivity contribution is 5.76. The van der Waals surface area contributed by atoms with Crippen molar-refractivity contribution in [1.29, 1.82) is 0 Å². The minimum Gasteiger partial charge on any atom is -0.493 e. The summed E-state index contributed by atoms with van der Waals surface area (Å²) in [7, 11) is 3.28. The van der Waals surface area contributed by atoms with E-state index in [0.717, 1.165) is 30.8 Å². The van der Waals surface area contributed by atoms with Crippen LogP contribution in [-0.2, 0) is 17.8 Å². The number of benzene rings is 2. The number of nitrogens with one attached hydrogen (secondary N) is 2. The van der Waals surface area contributed by atoms with Crippen molar-refractivity contribution in [2.24, 2.45) is 5.92 Å². The minimum absolute atomic E-state index is 0.0460. The number of carbonyl (C=O) groups excluding carboxylic acids is 1. The van der Waals surface area contributed by atoms with Gasteiger partial charge in [-0.3, -0.25) is 4.79 Å². The maximum Gasteiger partial charge on any atom is 0.220 e. The number of methoxy groups -OCH3 is 2. The van der Waals surface area contributed by atoms with Crippen molar-refractivity contribution in [3.8, 4) is 11.5 Å². The van der Waals surface area contributed by atoms with Crippen LogP contribution in [0.2, 0.25) is 0 Å². The molecule has 0 radical (unpaired) electrons. The van der Waals surface area contributed by atoms with Crippen molar-refractivity contribution in [3.05, 3.63) is 58.9 Å². The van der Waals surface area contributed by atoms with Gasteiger partial charge in [-0.1, -0.05) is 26.0 Å². The normalized spacial score (nSPS) is 18.9. The van der Waals surface area contributed by atoms with Gasteiger partial charge >= 0.3 is 0 Å². The van der Waals surface area contributed by atoms with E-state index in [1.807, 2.05) is 32.0 Å². The Kier molecular flexibility index (Phi) is 7.55. The molecule has 1 amide bonds. The molecule has 0 saturated heterocycles. The average Bonchev–Trinajstić information content (AvgIpc) is 2.73. The fraction of sp³-hybridized carbons (Fsp3) is 0.480. The number of ether oxygens (including phenoxy) is 2. The van der Waals surface area contributed by atoms with Crippen LogP contribution in [0.5, 0.6) is 11.5 Å². The number of halogens is 1. The maximum atomic E-state index is 13.4. The zero-order valence-electron chi connectivity index (χ0n) is 19.1. The predicted molar refractivity (Wildman–Crippen MR) is 119 cm³/mol. The van der Waals surface area contributed by atoms with Gasteiger partial charge in [-0.25, -0.2) is 4.39 Å². The fourth-order valence-electron chi connectivity index (χ4n) is 4.57. The van der Waals surface area contributed by atoms with Crippen LogP contribution >= 0.6 is 0 Å². The molecule has 5 nitrogen and oxygen atoms in total. The van der Waals surface area contributed by atoms with Crippen molar-refractivity contribution in [2.75, 3.05) is 20.8 Å². The van der Waals surface area contributed by atoms with Gasteiger partial charge in [-0.2, -0.15) is 0 Å². The lowest BCUT2D eigenvalue weighted by atomic mass is 9.87. The molecule has 0 bridgehead atoms. The van der Waals surface area contributed by atoms with E-state index >= 15 is 0 Å². The Bertz CT molecular complexity index is 898. The van der Waals surface area contributed by atoms with Crippen LogP contribution in [0.3, 0.4) is 0 Å². The number of rotatable bonds is 8. The first-order chi connectivity index (χ1) is 14.8. The number of amides is 1. The topological polar surface area (TPSA) is 52.0 Å². The Morgan fingerprint density at radius 3 is 2.39 bits per heavy atom. The summed E-state index contributed by atoms with van der Waals surface area (Å²) in [4.78, 5) is 13.9. The highest BCUT2D eigenvalue weighted by Gasteiger charge is 2.37. The van der Waals surface area contributed by atoms with Crippen molar-refractivity contribution >= 4 is 5.91 Å². The maximum absolute atomic E-state index is 13.4. The highest BCUT2D eigenvalue weighted by Crippen LogP contribution is 2.35. The Hall–Kier alpha value is -2.60. The quantitative estimate of drug-likeness (QED) is 0.678. The van der Waals surface area contributed by atoms with Crippen LogP contribution in [0.25, 0.3) is 0 Å². The number of hydrogen-bond acceptors (Lipinski definition) is 3. The second kappa shape index (κ2) is 10.1. The standard InChI is InChI=1S/C25H33FN2O3/c1-16(2)12-24(29)27-17(3)25-21-14-23(31-5)22(30-4)13-19(21)10-11-28(25)15-18-6-8-20(26)9-7-18/h6-9,13-14,16-17,25H,10-12,15H2,1-5H3,(H,27,29)/p+1/t17-,25+/m1/s1. The summed E-state index contributed by atoms with van der Waals surface area (Å²) in [5, 5.41) is 3.22. The van der Waals surface area contributed by atoms with Gasteiger partial charge in [-0.05, 0) is 42.7 Å². The molecule has 0 aliphatic carbocycles. The van der Waals surface area contributed by atoms with Gasteiger partial charge in [-0.15, -0.1) is 0 Å². The van der Waals surface area contributed by atoms with E-state index in [4.69, 9.17) is 9.47 Å². The molecule has 168 valence electrons. The number of carbonyl (C=O) groups is 1. The summed E-state index contributed by atoms with van der Waals surface area (Å²) in [5.74, 6) is 1.55. The van der Waals surface area contributed by atoms with Crippen LogP contribution < -0.4 is 19.7 Å². The van der Waals surface area contributed by atoms with Crippen LogP contribution in [0.15, 0.2) is 36.4 Å². The third-order valence-electron chi connectivity index (χ3n) is 5.96. The highest BCUT2D eigenvalue weighted by atomic mass is 19.1. The van der Waals surface area contributed by atoms with Gasteiger partial charge in [0.2, 0.25) is 5.91 Å². The van der Waals surface area contributed by atoms with Gasteiger partial charge in [0.15, 0.2) is 11.5 Å². The molecule has 1 aliphatic rings. The molecule has 1 unspecified atom stereocenters. The predicted octanol–water partition coefficient (Wildman–Crippen LogP) is 3.08. The second-order valence-electron chi connectivity index (χ2n) is 8.80. The molecule has 1 aliphatic heterocycles. The molecule has 0 saturated carbocycles. The van der Waals surface area contributed by atoms with E-state index in [1.165, 1.54) is 28.2 Å². The van der Waals surface area contributed by atoms with Crippen LogP contribution in [0.4, 0.5) is 4.39 Å². The minimum atomic E-state index is -0.231. The average molecular weight is 430 g/mol. The van der Waals surface area contributed by atoms with Gasteiger partial charge in [0, 0.05) is 24.0 Å². The largest absolute Gasteiger partial charge is 0.493 e. The van der Waals surface area contributed by atoms with Gasteiger partial charge in [0.25, 0.3) is 0 Å². The summed E-state index contributed by atoms with van der Waals surface area (Å²) < 4.78 is 24.5. The molecule has 0 aromatic heterocycles. The first-order valence-corrected chi connectivity index (χ1v) is 11.0. The summed E-state index contributed by atoms with van der Waals surface area (Å²) in [6.07, 6.45) is 1.40. The van der Waals surface area contributed by atoms with E-state index in [9.17, 15) is 9.18 Å². The van der Waals surface area contributed by atoms with Crippen LogP contribution in [0.1, 0.15) is 49.9 Å². The number of quaternary nitrogens is 1. The Morgan fingerprint density at radius 2 is 1.77 bits per heavy atom. The molecule has 1 heterocycles. The first-order valence-electron chi connectivity index (χ1n) is 11.0. The second-order valence-corrected chi connectivity index (χ2v) is 8.80. The molecule has 0 spiro atoms. The molecule has 3 rings (SSSR count). The van der Waals surface area contributed by atoms with Gasteiger partial charge in [0.05, 0.1) is 26.8 Å². The monoisotopic (exact) mass is 429 g/mol. The van der Waals surface area contributed by atoms with Crippen molar-refractivity contribution < 1.29 is 23.6 Å². The van der Waals surface area contributed by atoms with Gasteiger partial charge in [0.1, 0.15) is 18.4 Å². The van der Waals surface area contributed by atoms with Crippen LogP contribution in [0, 0.1) is 11.7 Å². The molecule has 3 atom stereocenters. The lowest BCUT2D eigenvalue weighted by molar-refractivity contribution is -0.948. The Labute approximate surface area is 184 Å². The lowest BCUT2D eigenvalue weighted by Gasteiger charge is -2.38. The van der Waals surface area contributed by atoms with E-state index in [-0.39, 0.29) is 23.8 Å². The summed E-state index contributed by atoms with van der Waals surface area (Å²) in [6.45, 7) is 7.82. The molecule has 0 fully saturated rings. The smallest absolute Gasteiger partial charge is 0.220 e. The number of hydrogen-bond donors (Lipinski definition) is 2. The van der Waals surface area contributed by atoms with Crippen LogP contribution in [-0.4, -0.2) is 32.7 Å². The third kappa shape index (κ3) is 5.56. The summed E-state index contributed by atoms with van der Waals surface area (Å²) >= 11 is 0. The summed E-state index contributed by atoms with van der Waals surface area (Å²) in [5.41, 5.74) is 3.46.